The molecule has 0 saturated carbocycles. The van der Waals surface area contributed by atoms with Crippen molar-refractivity contribution in [3.63, 3.8) is 0 Å². The SMILES string of the molecule is Cc1cc(-c2nn3c(-c4cc(Cl)ccc4Cl)nnc3s2)n(C)n1. The fraction of sp³-hybridized carbons (Fsp3) is 0.143. The van der Waals surface area contributed by atoms with E-state index >= 15 is 0 Å². The molecule has 0 amide bonds. The second kappa shape index (κ2) is 5.30. The minimum absolute atomic E-state index is 0.551. The van der Waals surface area contributed by atoms with Gasteiger partial charge in [-0.05, 0) is 31.2 Å². The van der Waals surface area contributed by atoms with E-state index in [9.17, 15) is 0 Å². The largest absolute Gasteiger partial charge is 0.265 e. The van der Waals surface area contributed by atoms with E-state index in [0.29, 0.717) is 26.4 Å². The molecule has 6 nitrogen and oxygen atoms in total. The highest BCUT2D eigenvalue weighted by molar-refractivity contribution is 7.19. The number of hydrogen-bond donors (Lipinski definition) is 0. The lowest BCUT2D eigenvalue weighted by Crippen LogP contribution is -1.95. The molecule has 0 aliphatic heterocycles. The lowest BCUT2D eigenvalue weighted by Gasteiger charge is -2.01. The van der Waals surface area contributed by atoms with Gasteiger partial charge in [-0.25, -0.2) is 0 Å². The Kier molecular flexibility index (Phi) is 3.37. The van der Waals surface area contributed by atoms with Crippen LogP contribution in [0.15, 0.2) is 24.3 Å². The van der Waals surface area contributed by atoms with Crippen LogP contribution < -0.4 is 0 Å². The number of benzene rings is 1. The zero-order valence-corrected chi connectivity index (χ0v) is 14.5. The van der Waals surface area contributed by atoms with Crippen LogP contribution in [0.5, 0.6) is 0 Å². The zero-order chi connectivity index (χ0) is 16.1. The van der Waals surface area contributed by atoms with Crippen molar-refractivity contribution in [1.82, 2.24) is 29.6 Å². The van der Waals surface area contributed by atoms with E-state index < -0.39 is 0 Å². The molecule has 0 N–H and O–H groups in total. The van der Waals surface area contributed by atoms with Gasteiger partial charge in [-0.1, -0.05) is 34.5 Å². The van der Waals surface area contributed by atoms with Crippen molar-refractivity contribution in [3.8, 4) is 22.1 Å². The van der Waals surface area contributed by atoms with Crippen molar-refractivity contribution >= 4 is 39.5 Å². The Labute approximate surface area is 145 Å². The van der Waals surface area contributed by atoms with Crippen LogP contribution in [0.2, 0.25) is 10.0 Å². The highest BCUT2D eigenvalue weighted by Crippen LogP contribution is 2.32. The summed E-state index contributed by atoms with van der Waals surface area (Å²) in [5.41, 5.74) is 2.57. The third-order valence-corrected chi connectivity index (χ3v) is 4.87. The Morgan fingerprint density at radius 1 is 1.09 bits per heavy atom. The Hall–Kier alpha value is -1.96. The molecule has 0 aliphatic carbocycles. The van der Waals surface area contributed by atoms with E-state index in [1.165, 1.54) is 11.3 Å². The van der Waals surface area contributed by atoms with Gasteiger partial charge in [-0.15, -0.1) is 10.2 Å². The molecule has 3 heterocycles. The summed E-state index contributed by atoms with van der Waals surface area (Å²) in [5, 5.41) is 19.3. The van der Waals surface area contributed by atoms with E-state index in [4.69, 9.17) is 23.2 Å². The zero-order valence-electron chi connectivity index (χ0n) is 12.2. The lowest BCUT2D eigenvalue weighted by atomic mass is 10.2. The van der Waals surface area contributed by atoms with Crippen molar-refractivity contribution < 1.29 is 0 Å². The van der Waals surface area contributed by atoms with E-state index in [1.54, 1.807) is 27.4 Å². The molecule has 0 atom stereocenters. The van der Waals surface area contributed by atoms with Gasteiger partial charge in [0.25, 0.3) is 0 Å². The first-order chi connectivity index (χ1) is 11.0. The van der Waals surface area contributed by atoms with Gasteiger partial charge in [0.1, 0.15) is 0 Å². The summed E-state index contributed by atoms with van der Waals surface area (Å²) in [4.78, 5) is 0.685. The lowest BCUT2D eigenvalue weighted by molar-refractivity contribution is 0.761. The normalized spacial score (nSPS) is 11.5. The molecule has 1 aromatic carbocycles. The molecular formula is C14H10Cl2N6S. The van der Waals surface area contributed by atoms with Gasteiger partial charge in [-0.2, -0.15) is 14.7 Å². The van der Waals surface area contributed by atoms with Crippen LogP contribution in [-0.4, -0.2) is 29.6 Å². The minimum Gasteiger partial charge on any atom is -0.265 e. The smallest absolute Gasteiger partial charge is 0.235 e. The molecule has 23 heavy (non-hydrogen) atoms. The standard InChI is InChI=1S/C14H10Cl2N6S/c1-7-5-11(21(2)19-7)13-20-22-12(17-18-14(22)23-13)9-6-8(15)3-4-10(9)16/h3-6H,1-2H3. The van der Waals surface area contributed by atoms with Gasteiger partial charge in [-0.3, -0.25) is 4.68 Å². The second-order valence-corrected chi connectivity index (χ2v) is 6.84. The van der Waals surface area contributed by atoms with Gasteiger partial charge in [0.05, 0.1) is 16.4 Å². The monoisotopic (exact) mass is 364 g/mol. The van der Waals surface area contributed by atoms with Gasteiger partial charge in [0.15, 0.2) is 10.8 Å². The molecule has 0 bridgehead atoms. The van der Waals surface area contributed by atoms with Crippen LogP contribution in [0, 0.1) is 6.92 Å². The molecule has 4 aromatic rings. The molecule has 0 unspecified atom stereocenters. The van der Waals surface area contributed by atoms with Crippen molar-refractivity contribution in [1.29, 1.82) is 0 Å². The Bertz CT molecular complexity index is 1030. The summed E-state index contributed by atoms with van der Waals surface area (Å²) in [6, 6.07) is 7.21. The van der Waals surface area contributed by atoms with Crippen LogP contribution in [0.4, 0.5) is 0 Å². The molecule has 0 aliphatic rings. The highest BCUT2D eigenvalue weighted by Gasteiger charge is 2.18. The Balaban J connectivity index is 1.90. The number of nitrogens with zero attached hydrogens (tertiary/aromatic N) is 6. The van der Waals surface area contributed by atoms with E-state index in [-0.39, 0.29) is 0 Å². The average molecular weight is 365 g/mol. The van der Waals surface area contributed by atoms with Crippen molar-refractivity contribution in [3.05, 3.63) is 40.0 Å². The maximum absolute atomic E-state index is 6.26. The maximum atomic E-state index is 6.26. The molecule has 116 valence electrons. The summed E-state index contributed by atoms with van der Waals surface area (Å²) < 4.78 is 3.48. The predicted octanol–water partition coefficient (Wildman–Crippen LogP) is 3.87. The summed E-state index contributed by atoms with van der Waals surface area (Å²) in [6.07, 6.45) is 0. The number of aryl methyl sites for hydroxylation is 2. The van der Waals surface area contributed by atoms with Crippen molar-refractivity contribution in [2.24, 2.45) is 7.05 Å². The molecule has 9 heteroatoms. The quantitative estimate of drug-likeness (QED) is 0.541. The molecule has 0 saturated heterocycles. The van der Waals surface area contributed by atoms with E-state index in [1.807, 2.05) is 20.0 Å². The van der Waals surface area contributed by atoms with Crippen LogP contribution in [0.1, 0.15) is 5.69 Å². The van der Waals surface area contributed by atoms with Gasteiger partial charge < -0.3 is 0 Å². The summed E-state index contributed by atoms with van der Waals surface area (Å²) in [6.45, 7) is 1.95. The first-order valence-corrected chi connectivity index (χ1v) is 8.29. The average Bonchev–Trinajstić information content (AvgIpc) is 3.15. The summed E-state index contributed by atoms with van der Waals surface area (Å²) in [5.74, 6) is 0.564. The summed E-state index contributed by atoms with van der Waals surface area (Å²) >= 11 is 13.8. The Morgan fingerprint density at radius 2 is 1.91 bits per heavy atom. The van der Waals surface area contributed by atoms with Gasteiger partial charge >= 0.3 is 0 Å². The minimum atomic E-state index is 0.551. The second-order valence-electron chi connectivity index (χ2n) is 5.04. The molecule has 0 radical (unpaired) electrons. The molecule has 4 rings (SSSR count). The van der Waals surface area contributed by atoms with E-state index in [0.717, 1.165) is 16.4 Å². The first kappa shape index (κ1) is 14.6. The van der Waals surface area contributed by atoms with E-state index in [2.05, 4.69) is 20.4 Å². The van der Waals surface area contributed by atoms with Crippen molar-refractivity contribution in [2.45, 2.75) is 6.92 Å². The van der Waals surface area contributed by atoms with Crippen molar-refractivity contribution in [2.75, 3.05) is 0 Å². The predicted molar refractivity (Wildman–Crippen MR) is 91.1 cm³/mol. The first-order valence-electron chi connectivity index (χ1n) is 6.71. The van der Waals surface area contributed by atoms with Crippen LogP contribution in [0.3, 0.4) is 0 Å². The fourth-order valence-electron chi connectivity index (χ4n) is 2.37. The number of hydrogen-bond acceptors (Lipinski definition) is 5. The van der Waals surface area contributed by atoms with Gasteiger partial charge in [0.2, 0.25) is 4.96 Å². The number of rotatable bonds is 2. The van der Waals surface area contributed by atoms with Crippen LogP contribution in [-0.2, 0) is 7.05 Å². The molecule has 3 aromatic heterocycles. The Morgan fingerprint density at radius 3 is 2.65 bits per heavy atom. The number of aromatic nitrogens is 6. The highest BCUT2D eigenvalue weighted by atomic mass is 35.5. The topological polar surface area (TPSA) is 60.9 Å². The summed E-state index contributed by atoms with van der Waals surface area (Å²) in [7, 11) is 1.89. The molecular weight excluding hydrogens is 355 g/mol. The van der Waals surface area contributed by atoms with Gasteiger partial charge in [0, 0.05) is 17.6 Å². The maximum Gasteiger partial charge on any atom is 0.235 e. The molecule has 0 fully saturated rings. The third-order valence-electron chi connectivity index (χ3n) is 3.38. The third kappa shape index (κ3) is 2.41. The van der Waals surface area contributed by atoms with Crippen LogP contribution >= 0.6 is 34.5 Å². The molecule has 0 spiro atoms. The number of fused-ring (bicyclic) bond motifs is 1. The van der Waals surface area contributed by atoms with Crippen LogP contribution in [0.25, 0.3) is 27.1 Å². The number of halogens is 2. The fourth-order valence-corrected chi connectivity index (χ4v) is 3.63.